The summed E-state index contributed by atoms with van der Waals surface area (Å²) in [6.07, 6.45) is 2.57. The number of nitrogens with one attached hydrogen (secondary N) is 1. The first-order chi connectivity index (χ1) is 13.3. The van der Waals surface area contributed by atoms with Gasteiger partial charge in [0.2, 0.25) is 10.0 Å². The van der Waals surface area contributed by atoms with Gasteiger partial charge in [0.05, 0.1) is 5.02 Å². The molecule has 2 unspecified atom stereocenters. The van der Waals surface area contributed by atoms with Crippen LogP contribution in [-0.4, -0.2) is 37.8 Å². The van der Waals surface area contributed by atoms with Crippen LogP contribution in [0.5, 0.6) is 0 Å². The summed E-state index contributed by atoms with van der Waals surface area (Å²) in [5.41, 5.74) is 1.46. The zero-order valence-corrected chi connectivity index (χ0v) is 18.4. The van der Waals surface area contributed by atoms with Crippen LogP contribution in [0.15, 0.2) is 39.9 Å². The van der Waals surface area contributed by atoms with E-state index in [0.717, 1.165) is 24.8 Å². The van der Waals surface area contributed by atoms with E-state index in [-0.39, 0.29) is 21.9 Å². The van der Waals surface area contributed by atoms with Gasteiger partial charge >= 0.3 is 0 Å². The number of hydrogen-bond acceptors (Lipinski definition) is 4. The van der Waals surface area contributed by atoms with Crippen LogP contribution >= 0.6 is 22.9 Å². The lowest BCUT2D eigenvalue weighted by atomic mass is 10.0. The number of amides is 1. The van der Waals surface area contributed by atoms with Crippen LogP contribution < -0.4 is 5.32 Å². The molecule has 0 bridgehead atoms. The van der Waals surface area contributed by atoms with E-state index in [4.69, 9.17) is 11.6 Å². The molecule has 3 rings (SSSR count). The molecular formula is C20H25ClN2O3S2. The highest BCUT2D eigenvalue weighted by molar-refractivity contribution is 7.89. The topological polar surface area (TPSA) is 66.5 Å². The van der Waals surface area contributed by atoms with Gasteiger partial charge in [0.25, 0.3) is 5.91 Å². The zero-order valence-electron chi connectivity index (χ0n) is 16.0. The largest absolute Gasteiger partial charge is 0.349 e. The summed E-state index contributed by atoms with van der Waals surface area (Å²) in [7, 11) is -3.73. The Morgan fingerprint density at radius 2 is 2.18 bits per heavy atom. The Bertz CT molecular complexity index is 929. The van der Waals surface area contributed by atoms with E-state index in [1.165, 1.54) is 16.4 Å². The van der Waals surface area contributed by atoms with E-state index in [9.17, 15) is 13.2 Å². The van der Waals surface area contributed by atoms with Crippen LogP contribution in [-0.2, 0) is 16.4 Å². The molecule has 1 aromatic heterocycles. The van der Waals surface area contributed by atoms with Crippen molar-refractivity contribution in [3.05, 3.63) is 51.2 Å². The third-order valence-electron chi connectivity index (χ3n) is 4.93. The normalized spacial score (nSPS) is 19.3. The second kappa shape index (κ2) is 8.95. The number of hydrogen-bond donors (Lipinski definition) is 1. The molecule has 152 valence electrons. The van der Waals surface area contributed by atoms with Crippen LogP contribution in [0.2, 0.25) is 5.02 Å². The van der Waals surface area contributed by atoms with E-state index in [0.29, 0.717) is 24.6 Å². The third kappa shape index (κ3) is 4.95. The first kappa shape index (κ1) is 21.3. The number of carbonyl (C=O) groups excluding carboxylic acids is 1. The highest BCUT2D eigenvalue weighted by atomic mass is 35.5. The fourth-order valence-electron chi connectivity index (χ4n) is 3.47. The van der Waals surface area contributed by atoms with Crippen LogP contribution in [0.4, 0.5) is 0 Å². The molecule has 0 spiro atoms. The number of benzene rings is 1. The van der Waals surface area contributed by atoms with Gasteiger partial charge in [0.1, 0.15) is 4.90 Å². The Morgan fingerprint density at radius 1 is 1.39 bits per heavy atom. The zero-order chi connectivity index (χ0) is 20.3. The summed E-state index contributed by atoms with van der Waals surface area (Å²) in [6.45, 7) is 4.93. The Kier molecular flexibility index (Phi) is 6.81. The maximum Gasteiger partial charge on any atom is 0.251 e. The van der Waals surface area contributed by atoms with Gasteiger partial charge in [-0.25, -0.2) is 8.42 Å². The highest BCUT2D eigenvalue weighted by Gasteiger charge is 2.31. The summed E-state index contributed by atoms with van der Waals surface area (Å²) in [6, 6.07) is 6.40. The van der Waals surface area contributed by atoms with E-state index in [1.54, 1.807) is 17.4 Å². The standard InChI is InChI=1S/C20H25ClN2O3S2/c1-14-4-3-8-23(12-14)28(25,26)19-11-17(5-6-18(19)21)20(24)22-15(2)10-16-7-9-27-13-16/h5-7,9,11,13-15H,3-4,8,10,12H2,1-2H3,(H,22,24). The summed E-state index contributed by atoms with van der Waals surface area (Å²) < 4.78 is 27.6. The van der Waals surface area contributed by atoms with Crippen molar-refractivity contribution >= 4 is 38.9 Å². The molecule has 1 aliphatic rings. The van der Waals surface area contributed by atoms with E-state index in [2.05, 4.69) is 10.7 Å². The summed E-state index contributed by atoms with van der Waals surface area (Å²) in [4.78, 5) is 12.6. The Balaban J connectivity index is 1.77. The SMILES string of the molecule is CC1CCCN(S(=O)(=O)c2cc(C(=O)NC(C)Cc3ccsc3)ccc2Cl)C1. The van der Waals surface area contributed by atoms with Crippen molar-refractivity contribution in [3.8, 4) is 0 Å². The van der Waals surface area contributed by atoms with Gasteiger partial charge in [-0.05, 0) is 72.7 Å². The molecule has 1 amide bonds. The summed E-state index contributed by atoms with van der Waals surface area (Å²) >= 11 is 7.82. The lowest BCUT2D eigenvalue weighted by molar-refractivity contribution is 0.0940. The van der Waals surface area contributed by atoms with Gasteiger partial charge in [-0.15, -0.1) is 0 Å². The number of rotatable bonds is 6. The molecule has 0 saturated carbocycles. The van der Waals surface area contributed by atoms with Crippen molar-refractivity contribution < 1.29 is 13.2 Å². The maximum atomic E-state index is 13.1. The van der Waals surface area contributed by atoms with E-state index in [1.807, 2.05) is 25.3 Å². The number of halogens is 1. The lowest BCUT2D eigenvalue weighted by Crippen LogP contribution is -2.39. The minimum atomic E-state index is -3.73. The Hall–Kier alpha value is -1.41. The number of sulfonamides is 1. The fourth-order valence-corrected chi connectivity index (χ4v) is 6.25. The van der Waals surface area contributed by atoms with Crippen molar-refractivity contribution in [3.63, 3.8) is 0 Å². The average Bonchev–Trinajstić information content (AvgIpc) is 3.14. The number of carbonyl (C=O) groups is 1. The Morgan fingerprint density at radius 3 is 2.86 bits per heavy atom. The maximum absolute atomic E-state index is 13.1. The van der Waals surface area contributed by atoms with Gasteiger partial charge < -0.3 is 5.32 Å². The van der Waals surface area contributed by atoms with Crippen molar-refractivity contribution in [2.45, 2.75) is 44.0 Å². The molecule has 2 atom stereocenters. The third-order valence-corrected chi connectivity index (χ3v) is 8.01. The number of thiophene rings is 1. The lowest BCUT2D eigenvalue weighted by Gasteiger charge is -2.30. The predicted octanol–water partition coefficient (Wildman–Crippen LogP) is 4.18. The molecule has 0 aliphatic carbocycles. The molecule has 28 heavy (non-hydrogen) atoms. The smallest absolute Gasteiger partial charge is 0.251 e. The van der Waals surface area contributed by atoms with Gasteiger partial charge in [-0.2, -0.15) is 15.6 Å². The van der Waals surface area contributed by atoms with Crippen LogP contribution in [0.1, 0.15) is 42.6 Å². The fraction of sp³-hybridized carbons (Fsp3) is 0.450. The van der Waals surface area contributed by atoms with Crippen LogP contribution in [0.25, 0.3) is 0 Å². The van der Waals surface area contributed by atoms with Crippen LogP contribution in [0, 0.1) is 5.92 Å². The highest BCUT2D eigenvalue weighted by Crippen LogP contribution is 2.29. The molecule has 2 heterocycles. The van der Waals surface area contributed by atoms with E-state index < -0.39 is 10.0 Å². The predicted molar refractivity (Wildman–Crippen MR) is 114 cm³/mol. The molecule has 1 aliphatic heterocycles. The van der Waals surface area contributed by atoms with Gasteiger partial charge in [-0.1, -0.05) is 18.5 Å². The summed E-state index contributed by atoms with van der Waals surface area (Å²) in [5.74, 6) is 0.00888. The number of piperidine rings is 1. The number of nitrogens with zero attached hydrogens (tertiary/aromatic N) is 1. The van der Waals surface area contributed by atoms with Crippen molar-refractivity contribution in [2.24, 2.45) is 5.92 Å². The van der Waals surface area contributed by atoms with Gasteiger partial charge in [-0.3, -0.25) is 4.79 Å². The van der Waals surface area contributed by atoms with Crippen molar-refractivity contribution in [1.82, 2.24) is 9.62 Å². The monoisotopic (exact) mass is 440 g/mol. The minimum absolute atomic E-state index is 0.00130. The molecule has 0 radical (unpaired) electrons. The minimum Gasteiger partial charge on any atom is -0.349 e. The second-order valence-corrected chi connectivity index (χ2v) is 10.6. The summed E-state index contributed by atoms with van der Waals surface area (Å²) in [5, 5.41) is 7.13. The quantitative estimate of drug-likeness (QED) is 0.732. The first-order valence-electron chi connectivity index (χ1n) is 9.39. The van der Waals surface area contributed by atoms with Gasteiger partial charge in [0, 0.05) is 24.7 Å². The molecule has 2 aromatic rings. The second-order valence-electron chi connectivity index (χ2n) is 7.47. The average molecular weight is 441 g/mol. The van der Waals surface area contributed by atoms with Crippen molar-refractivity contribution in [1.29, 1.82) is 0 Å². The molecule has 1 N–H and O–H groups in total. The van der Waals surface area contributed by atoms with Crippen molar-refractivity contribution in [2.75, 3.05) is 13.1 Å². The van der Waals surface area contributed by atoms with E-state index >= 15 is 0 Å². The molecule has 5 nitrogen and oxygen atoms in total. The molecule has 1 saturated heterocycles. The van der Waals surface area contributed by atoms with Crippen LogP contribution in [0.3, 0.4) is 0 Å². The first-order valence-corrected chi connectivity index (χ1v) is 12.1. The molecule has 1 fully saturated rings. The Labute approximate surface area is 175 Å². The molecular weight excluding hydrogens is 416 g/mol. The molecule has 1 aromatic carbocycles. The molecule has 8 heteroatoms. The van der Waals surface area contributed by atoms with Gasteiger partial charge in [0.15, 0.2) is 0 Å².